The molecule has 0 radical (unpaired) electrons. The van der Waals surface area contributed by atoms with Gasteiger partial charge in [-0.2, -0.15) is 0 Å². The molecule has 7 nitrogen and oxygen atoms in total. The number of carbonyl (C=O) groups is 3. The van der Waals surface area contributed by atoms with Crippen LogP contribution in [-0.4, -0.2) is 41.6 Å². The van der Waals surface area contributed by atoms with Crippen molar-refractivity contribution in [1.29, 1.82) is 0 Å². The van der Waals surface area contributed by atoms with Gasteiger partial charge in [0.2, 0.25) is 5.91 Å². The molecule has 0 aromatic heterocycles. The number of ether oxygens (including phenoxy) is 1. The van der Waals surface area contributed by atoms with Crippen LogP contribution in [0.4, 0.5) is 0 Å². The number of esters is 1. The number of nitrogens with two attached hydrogens (primary N) is 1. The Morgan fingerprint density at radius 3 is 1.75 bits per heavy atom. The summed E-state index contributed by atoms with van der Waals surface area (Å²) in [4.78, 5) is 36.1. The average molecular weight is 711 g/mol. The minimum Gasteiger partial charge on any atom is -0.480 e. The second kappa shape index (κ2) is 38.1. The molecule has 0 aromatic rings. The van der Waals surface area contributed by atoms with Gasteiger partial charge in [-0.3, -0.25) is 9.59 Å². The van der Waals surface area contributed by atoms with Crippen LogP contribution < -0.4 is 11.1 Å². The highest BCUT2D eigenvalue weighted by Crippen LogP contribution is 2.15. The Labute approximate surface area is 312 Å². The van der Waals surface area contributed by atoms with Gasteiger partial charge in [0.1, 0.15) is 12.1 Å². The van der Waals surface area contributed by atoms with E-state index in [2.05, 4.69) is 92.1 Å². The number of aliphatic carboxylic acids is 1. The molecule has 0 aromatic carbocycles. The first-order valence-corrected chi connectivity index (χ1v) is 20.3. The highest BCUT2D eigenvalue weighted by Gasteiger charge is 2.19. The van der Waals surface area contributed by atoms with Crippen LogP contribution in [0.15, 0.2) is 72.9 Å². The van der Waals surface area contributed by atoms with E-state index < -0.39 is 12.0 Å². The molecule has 0 saturated carbocycles. The second-order valence-corrected chi connectivity index (χ2v) is 13.3. The summed E-state index contributed by atoms with van der Waals surface area (Å²) in [6.07, 6.45) is 48.3. The van der Waals surface area contributed by atoms with E-state index in [4.69, 9.17) is 10.5 Å². The minimum absolute atomic E-state index is 0.115. The molecule has 2 atom stereocenters. The van der Waals surface area contributed by atoms with E-state index in [0.29, 0.717) is 38.6 Å². The Kier molecular flexibility index (Phi) is 35.7. The van der Waals surface area contributed by atoms with E-state index in [-0.39, 0.29) is 18.0 Å². The number of amides is 1. The van der Waals surface area contributed by atoms with Crippen LogP contribution in [0.1, 0.15) is 168 Å². The predicted molar refractivity (Wildman–Crippen MR) is 215 cm³/mol. The minimum atomic E-state index is -1.02. The number of hydrogen-bond donors (Lipinski definition) is 3. The summed E-state index contributed by atoms with van der Waals surface area (Å²) in [6, 6.07) is -0.874. The Bertz CT molecular complexity index is 1030. The van der Waals surface area contributed by atoms with Crippen LogP contribution in [0.25, 0.3) is 0 Å². The SMILES string of the molecule is CC/C=C\C/C=C\C/C=C\C/C=C\C/C=C\CCCCCCCC(=O)OC(/C=C\CCCCC)CCCCCCC(=O)NC(CCCN)C(=O)O. The topological polar surface area (TPSA) is 119 Å². The maximum atomic E-state index is 12.6. The van der Waals surface area contributed by atoms with Gasteiger partial charge < -0.3 is 20.9 Å². The Morgan fingerprint density at radius 2 is 1.14 bits per heavy atom. The normalized spacial score (nSPS) is 13.5. The van der Waals surface area contributed by atoms with E-state index in [9.17, 15) is 19.5 Å². The Balaban J connectivity index is 4.14. The van der Waals surface area contributed by atoms with Gasteiger partial charge in [0.25, 0.3) is 0 Å². The lowest BCUT2D eigenvalue weighted by Gasteiger charge is -2.15. The largest absolute Gasteiger partial charge is 0.480 e. The molecule has 0 fully saturated rings. The summed E-state index contributed by atoms with van der Waals surface area (Å²) in [6.45, 7) is 4.75. The van der Waals surface area contributed by atoms with E-state index in [1.54, 1.807) is 0 Å². The predicted octanol–water partition coefficient (Wildman–Crippen LogP) is 11.2. The highest BCUT2D eigenvalue weighted by molar-refractivity contribution is 5.83. The molecule has 51 heavy (non-hydrogen) atoms. The van der Waals surface area contributed by atoms with Crippen LogP contribution in [0.3, 0.4) is 0 Å². The van der Waals surface area contributed by atoms with Gasteiger partial charge in [-0.25, -0.2) is 4.79 Å². The lowest BCUT2D eigenvalue weighted by molar-refractivity contribution is -0.147. The first-order chi connectivity index (χ1) is 24.9. The zero-order valence-electron chi connectivity index (χ0n) is 32.4. The van der Waals surface area contributed by atoms with E-state index in [1.165, 1.54) is 25.7 Å². The van der Waals surface area contributed by atoms with Crippen LogP contribution in [0, 0.1) is 0 Å². The number of carboxylic acid groups (broad SMARTS) is 1. The maximum absolute atomic E-state index is 12.6. The van der Waals surface area contributed by atoms with Gasteiger partial charge in [0.15, 0.2) is 0 Å². The third-order valence-corrected chi connectivity index (χ3v) is 8.49. The molecule has 7 heteroatoms. The number of rotatable bonds is 35. The zero-order chi connectivity index (χ0) is 37.5. The van der Waals surface area contributed by atoms with Crippen molar-refractivity contribution in [2.24, 2.45) is 5.73 Å². The molecule has 4 N–H and O–H groups in total. The van der Waals surface area contributed by atoms with Gasteiger partial charge in [-0.1, -0.05) is 126 Å². The number of unbranched alkanes of at least 4 members (excludes halogenated alkanes) is 11. The number of allylic oxidation sites excluding steroid dienone is 11. The van der Waals surface area contributed by atoms with Gasteiger partial charge in [-0.15, -0.1) is 0 Å². The zero-order valence-corrected chi connectivity index (χ0v) is 32.4. The van der Waals surface area contributed by atoms with Crippen LogP contribution >= 0.6 is 0 Å². The number of hydrogen-bond acceptors (Lipinski definition) is 5. The van der Waals surface area contributed by atoms with Gasteiger partial charge in [0.05, 0.1) is 0 Å². The quantitative estimate of drug-likeness (QED) is 0.0342. The van der Waals surface area contributed by atoms with Crippen molar-refractivity contribution in [2.45, 2.75) is 180 Å². The van der Waals surface area contributed by atoms with Crippen LogP contribution in [0.5, 0.6) is 0 Å². The van der Waals surface area contributed by atoms with Crippen molar-refractivity contribution >= 4 is 17.8 Å². The lowest BCUT2D eigenvalue weighted by atomic mass is 10.1. The first kappa shape index (κ1) is 47.8. The number of carbonyl (C=O) groups excluding carboxylic acids is 2. The maximum Gasteiger partial charge on any atom is 0.326 e. The molecular weight excluding hydrogens is 636 g/mol. The molecule has 0 spiro atoms. The molecule has 0 saturated heterocycles. The third-order valence-electron chi connectivity index (χ3n) is 8.49. The van der Waals surface area contributed by atoms with E-state index >= 15 is 0 Å². The summed E-state index contributed by atoms with van der Waals surface area (Å²) < 4.78 is 5.87. The molecule has 1 amide bonds. The van der Waals surface area contributed by atoms with Crippen molar-refractivity contribution in [1.82, 2.24) is 5.32 Å². The molecule has 290 valence electrons. The number of nitrogens with one attached hydrogen (secondary N) is 1. The van der Waals surface area contributed by atoms with Gasteiger partial charge >= 0.3 is 11.9 Å². The molecule has 2 unspecified atom stereocenters. The summed E-state index contributed by atoms with van der Waals surface area (Å²) in [5.41, 5.74) is 5.47. The number of carboxylic acids is 1. The third kappa shape index (κ3) is 35.0. The van der Waals surface area contributed by atoms with Crippen molar-refractivity contribution in [3.63, 3.8) is 0 Å². The lowest BCUT2D eigenvalue weighted by Crippen LogP contribution is -2.40. The van der Waals surface area contributed by atoms with Crippen molar-refractivity contribution in [2.75, 3.05) is 6.54 Å². The van der Waals surface area contributed by atoms with Gasteiger partial charge in [-0.05, 0) is 109 Å². The summed E-state index contributed by atoms with van der Waals surface area (Å²) in [5.74, 6) is -1.36. The smallest absolute Gasteiger partial charge is 0.326 e. The molecular formula is C44H74N2O5. The summed E-state index contributed by atoms with van der Waals surface area (Å²) >= 11 is 0. The van der Waals surface area contributed by atoms with Gasteiger partial charge in [0, 0.05) is 12.8 Å². The Morgan fingerprint density at radius 1 is 0.608 bits per heavy atom. The molecule has 0 aliphatic carbocycles. The monoisotopic (exact) mass is 711 g/mol. The summed E-state index contributed by atoms with van der Waals surface area (Å²) in [5, 5.41) is 11.9. The molecule has 0 bridgehead atoms. The molecule has 0 heterocycles. The second-order valence-electron chi connectivity index (χ2n) is 13.3. The highest BCUT2D eigenvalue weighted by atomic mass is 16.5. The summed E-state index contributed by atoms with van der Waals surface area (Å²) in [7, 11) is 0. The molecule has 0 aliphatic heterocycles. The van der Waals surface area contributed by atoms with Crippen molar-refractivity contribution in [3.8, 4) is 0 Å². The van der Waals surface area contributed by atoms with Crippen molar-refractivity contribution < 1.29 is 24.2 Å². The fourth-order valence-corrected chi connectivity index (χ4v) is 5.44. The molecule has 0 aliphatic rings. The van der Waals surface area contributed by atoms with E-state index in [0.717, 1.165) is 96.3 Å². The average Bonchev–Trinajstić information content (AvgIpc) is 3.11. The first-order valence-electron chi connectivity index (χ1n) is 20.3. The standard InChI is InChI=1S/C44H74N2O5/c1-3-5-7-9-10-11-12-13-14-15-16-17-18-19-20-21-22-23-24-26-32-38-43(48)51-40(34-29-25-8-6-4-2)35-30-27-28-31-37-42(47)46-41(44(49)50)36-33-39-45/h5,7,10-11,13-14,16-17,19-20,29,34,40-41H,3-4,6,8-9,12,15,18,21-28,30-33,35-39,45H2,1-2H3,(H,46,47)(H,49,50)/b7-5-,11-10-,14-13-,17-16-,20-19-,34-29-. The van der Waals surface area contributed by atoms with Crippen LogP contribution in [-0.2, 0) is 19.1 Å². The van der Waals surface area contributed by atoms with Crippen LogP contribution in [0.2, 0.25) is 0 Å². The van der Waals surface area contributed by atoms with E-state index in [1.807, 2.05) is 0 Å². The molecule has 0 rings (SSSR count). The fraction of sp³-hybridized carbons (Fsp3) is 0.659. The fourth-order valence-electron chi connectivity index (χ4n) is 5.44. The van der Waals surface area contributed by atoms with Crippen molar-refractivity contribution in [3.05, 3.63) is 72.9 Å². The Hall–Kier alpha value is -3.19.